The largest absolute Gasteiger partial charge is 0.462 e. The molecule has 0 fully saturated rings. The molecule has 5 nitrogen and oxygen atoms in total. The summed E-state index contributed by atoms with van der Waals surface area (Å²) in [6.07, 6.45) is 1.08. The molecule has 0 atom stereocenters. The molecule has 0 amide bonds. The molecule has 0 aromatic carbocycles. The van der Waals surface area contributed by atoms with E-state index in [1.165, 1.54) is 0 Å². The van der Waals surface area contributed by atoms with Crippen LogP contribution in [-0.2, 0) is 27.4 Å². The molecular formula is C21H39NO4. The van der Waals surface area contributed by atoms with Gasteiger partial charge >= 0.3 is 0 Å². The molecule has 0 aliphatic rings. The van der Waals surface area contributed by atoms with Crippen molar-refractivity contribution in [1.82, 2.24) is 0 Å². The van der Waals surface area contributed by atoms with Crippen LogP contribution < -0.4 is 5.73 Å². The van der Waals surface area contributed by atoms with Crippen molar-refractivity contribution in [3.63, 3.8) is 0 Å². The molecule has 0 unspecified atom stereocenters. The van der Waals surface area contributed by atoms with E-state index in [0.717, 1.165) is 5.76 Å². The van der Waals surface area contributed by atoms with Crippen molar-refractivity contribution in [1.29, 1.82) is 0 Å². The Morgan fingerprint density at radius 2 is 1.54 bits per heavy atom. The van der Waals surface area contributed by atoms with Gasteiger partial charge in [-0.15, -0.1) is 0 Å². The van der Waals surface area contributed by atoms with Crippen molar-refractivity contribution in [2.24, 2.45) is 17.1 Å². The SMILES string of the molecule is CC(C)(C)C.CC(C)(C)N.CC(C)C(=O)CCc1ccc(COC=O)o1. The highest BCUT2D eigenvalue weighted by molar-refractivity contribution is 5.80. The lowest BCUT2D eigenvalue weighted by Gasteiger charge is -2.06. The summed E-state index contributed by atoms with van der Waals surface area (Å²) in [6.45, 7) is 18.9. The molecule has 1 aromatic heterocycles. The highest BCUT2D eigenvalue weighted by Gasteiger charge is 2.09. The molecule has 0 aliphatic carbocycles. The van der Waals surface area contributed by atoms with Gasteiger partial charge in [-0.05, 0) is 38.3 Å². The first-order valence-corrected chi connectivity index (χ1v) is 9.08. The van der Waals surface area contributed by atoms with E-state index in [4.69, 9.17) is 10.2 Å². The van der Waals surface area contributed by atoms with Crippen LogP contribution in [0.5, 0.6) is 0 Å². The van der Waals surface area contributed by atoms with Crippen LogP contribution in [0.25, 0.3) is 0 Å². The summed E-state index contributed by atoms with van der Waals surface area (Å²) in [7, 11) is 0. The maximum absolute atomic E-state index is 11.4. The number of hydrogen-bond donors (Lipinski definition) is 1. The number of furan rings is 1. The first-order chi connectivity index (χ1) is 11.6. The second-order valence-electron chi connectivity index (χ2n) is 9.26. The van der Waals surface area contributed by atoms with Gasteiger partial charge in [0.1, 0.15) is 23.9 Å². The van der Waals surface area contributed by atoms with Gasteiger partial charge < -0.3 is 14.9 Å². The third kappa shape index (κ3) is 24.6. The Hall–Kier alpha value is -1.62. The highest BCUT2D eigenvalue weighted by Crippen LogP contribution is 2.12. The molecule has 152 valence electrons. The van der Waals surface area contributed by atoms with Gasteiger partial charge in [-0.2, -0.15) is 0 Å². The van der Waals surface area contributed by atoms with E-state index < -0.39 is 0 Å². The molecule has 0 saturated carbocycles. The molecule has 0 bridgehead atoms. The standard InChI is InChI=1S/C12H16O4.C5H12.C4H11N/c1-9(2)12(14)6-5-10-3-4-11(16-10)7-15-8-13;1-5(2,3)4;1-4(2,3)5/h3-4,8-9H,5-7H2,1-2H3;1-4H3;5H2,1-3H3. The molecule has 0 aliphatic heterocycles. The fourth-order valence-corrected chi connectivity index (χ4v) is 1.29. The number of rotatable bonds is 7. The average Bonchev–Trinajstić information content (AvgIpc) is 2.86. The van der Waals surface area contributed by atoms with E-state index in [-0.39, 0.29) is 23.8 Å². The monoisotopic (exact) mass is 369 g/mol. The predicted molar refractivity (Wildman–Crippen MR) is 107 cm³/mol. The van der Waals surface area contributed by atoms with Gasteiger partial charge in [-0.25, -0.2) is 0 Å². The summed E-state index contributed by atoms with van der Waals surface area (Å²) in [6, 6.07) is 3.55. The summed E-state index contributed by atoms with van der Waals surface area (Å²) in [5, 5.41) is 0. The first-order valence-electron chi connectivity index (χ1n) is 9.08. The molecule has 0 saturated heterocycles. The van der Waals surface area contributed by atoms with Crippen molar-refractivity contribution in [3.8, 4) is 0 Å². The van der Waals surface area contributed by atoms with Gasteiger partial charge in [0.2, 0.25) is 0 Å². The number of nitrogens with two attached hydrogens (primary N) is 1. The van der Waals surface area contributed by atoms with E-state index in [1.807, 2.05) is 34.6 Å². The zero-order chi connectivity index (χ0) is 21.0. The Labute approximate surface area is 159 Å². The molecule has 2 N–H and O–H groups in total. The van der Waals surface area contributed by atoms with Crippen LogP contribution in [0.15, 0.2) is 16.5 Å². The van der Waals surface area contributed by atoms with E-state index in [9.17, 15) is 9.59 Å². The lowest BCUT2D eigenvalue weighted by Crippen LogP contribution is -2.26. The zero-order valence-corrected chi connectivity index (χ0v) is 18.1. The third-order valence-electron chi connectivity index (χ3n) is 2.27. The van der Waals surface area contributed by atoms with Crippen molar-refractivity contribution in [2.75, 3.05) is 0 Å². The highest BCUT2D eigenvalue weighted by atomic mass is 16.5. The van der Waals surface area contributed by atoms with E-state index in [0.29, 0.717) is 30.5 Å². The van der Waals surface area contributed by atoms with Crippen LogP contribution >= 0.6 is 0 Å². The first kappa shape index (κ1) is 26.6. The van der Waals surface area contributed by atoms with Crippen molar-refractivity contribution < 1.29 is 18.7 Å². The fraction of sp³-hybridized carbons (Fsp3) is 0.714. The van der Waals surface area contributed by atoms with Gasteiger partial charge in [0, 0.05) is 24.3 Å². The zero-order valence-electron chi connectivity index (χ0n) is 18.1. The minimum atomic E-state index is 0. The normalized spacial score (nSPS) is 11.0. The number of Topliss-reactive ketones (excluding diaryl/α,β-unsaturated/α-hetero) is 1. The van der Waals surface area contributed by atoms with Gasteiger partial charge in [-0.3, -0.25) is 9.59 Å². The maximum Gasteiger partial charge on any atom is 0.293 e. The maximum atomic E-state index is 11.4. The number of ketones is 1. The molecule has 1 heterocycles. The summed E-state index contributed by atoms with van der Waals surface area (Å²) in [5.74, 6) is 1.63. The number of aryl methyl sites for hydroxylation is 1. The van der Waals surface area contributed by atoms with Crippen LogP contribution in [0.1, 0.15) is 80.3 Å². The minimum Gasteiger partial charge on any atom is -0.462 e. The number of ether oxygens (including phenoxy) is 1. The second-order valence-corrected chi connectivity index (χ2v) is 9.26. The van der Waals surface area contributed by atoms with E-state index in [2.05, 4.69) is 32.4 Å². The van der Waals surface area contributed by atoms with Gasteiger partial charge in [0.15, 0.2) is 0 Å². The quantitative estimate of drug-likeness (QED) is 0.691. The lowest BCUT2D eigenvalue weighted by atomic mass is 10.0. The van der Waals surface area contributed by atoms with Gasteiger partial charge in [-0.1, -0.05) is 41.5 Å². The predicted octanol–water partition coefficient (Wildman–Crippen LogP) is 4.91. The van der Waals surface area contributed by atoms with Gasteiger partial charge in [0.25, 0.3) is 6.47 Å². The van der Waals surface area contributed by atoms with E-state index in [1.54, 1.807) is 12.1 Å². The van der Waals surface area contributed by atoms with E-state index >= 15 is 0 Å². The Morgan fingerprint density at radius 1 is 1.12 bits per heavy atom. The Bertz CT molecular complexity index is 481. The molecule has 0 spiro atoms. The summed E-state index contributed by atoms with van der Waals surface area (Å²) >= 11 is 0. The van der Waals surface area contributed by atoms with Crippen LogP contribution in [0, 0.1) is 11.3 Å². The van der Waals surface area contributed by atoms with Crippen LogP contribution in [0.2, 0.25) is 0 Å². The third-order valence-corrected chi connectivity index (χ3v) is 2.27. The molecule has 1 aromatic rings. The van der Waals surface area contributed by atoms with Crippen molar-refractivity contribution in [3.05, 3.63) is 23.7 Å². The van der Waals surface area contributed by atoms with Crippen LogP contribution in [0.4, 0.5) is 0 Å². The Balaban J connectivity index is 0. The van der Waals surface area contributed by atoms with Crippen molar-refractivity contribution in [2.45, 2.75) is 87.3 Å². The minimum absolute atomic E-state index is 0. The molecule has 0 radical (unpaired) electrons. The summed E-state index contributed by atoms with van der Waals surface area (Å²) in [5.41, 5.74) is 5.85. The van der Waals surface area contributed by atoms with Crippen LogP contribution in [0.3, 0.4) is 0 Å². The number of carbonyl (C=O) groups excluding carboxylic acids is 2. The summed E-state index contributed by atoms with van der Waals surface area (Å²) in [4.78, 5) is 21.3. The molecule has 1 rings (SSSR count). The number of carbonyl (C=O) groups is 2. The van der Waals surface area contributed by atoms with Crippen LogP contribution in [-0.4, -0.2) is 17.8 Å². The Morgan fingerprint density at radius 3 is 1.92 bits per heavy atom. The molecule has 5 heteroatoms. The number of hydrogen-bond acceptors (Lipinski definition) is 5. The van der Waals surface area contributed by atoms with Gasteiger partial charge in [0.05, 0.1) is 0 Å². The topological polar surface area (TPSA) is 82.5 Å². The lowest BCUT2D eigenvalue weighted by molar-refractivity contribution is -0.130. The average molecular weight is 370 g/mol. The smallest absolute Gasteiger partial charge is 0.293 e. The van der Waals surface area contributed by atoms with Crippen molar-refractivity contribution >= 4 is 12.3 Å². The Kier molecular flexibility index (Phi) is 13.0. The molecule has 26 heavy (non-hydrogen) atoms. The summed E-state index contributed by atoms with van der Waals surface area (Å²) < 4.78 is 9.94. The fourth-order valence-electron chi connectivity index (χ4n) is 1.29. The second kappa shape index (κ2) is 12.7. The molecular weight excluding hydrogens is 330 g/mol.